The van der Waals surface area contributed by atoms with E-state index in [-0.39, 0.29) is 17.7 Å². The molecule has 1 rings (SSSR count). The quantitative estimate of drug-likeness (QED) is 0.687. The van der Waals surface area contributed by atoms with Crippen LogP contribution in [-0.4, -0.2) is 23.5 Å². The lowest BCUT2D eigenvalue weighted by Gasteiger charge is -2.25. The Balaban J connectivity index is 2.26. The van der Waals surface area contributed by atoms with Crippen molar-refractivity contribution < 1.29 is 14.7 Å². The Morgan fingerprint density at radius 3 is 2.33 bits per heavy atom. The van der Waals surface area contributed by atoms with E-state index in [1.165, 1.54) is 5.56 Å². The van der Waals surface area contributed by atoms with Gasteiger partial charge in [0, 0.05) is 19.4 Å². The van der Waals surface area contributed by atoms with Gasteiger partial charge in [-0.3, -0.25) is 9.59 Å². The summed E-state index contributed by atoms with van der Waals surface area (Å²) < 4.78 is 0. The standard InChI is InChI=1S/C17H25NO3/c1-17(2,12-14-8-4-3-5-9-14)13-18-15(19)10-6-7-11-16(20)21/h3-5,8-9H,6-7,10-13H2,1-2H3,(H,18,19)(H,20,21). The fraction of sp³-hybridized carbons (Fsp3) is 0.529. The molecule has 0 fully saturated rings. The van der Waals surface area contributed by atoms with Crippen molar-refractivity contribution in [2.24, 2.45) is 5.41 Å². The molecule has 116 valence electrons. The second-order valence-corrected chi connectivity index (χ2v) is 6.20. The van der Waals surface area contributed by atoms with Crippen molar-refractivity contribution in [3.05, 3.63) is 35.9 Å². The second kappa shape index (κ2) is 8.45. The Morgan fingerprint density at radius 1 is 1.10 bits per heavy atom. The van der Waals surface area contributed by atoms with Gasteiger partial charge in [-0.2, -0.15) is 0 Å². The van der Waals surface area contributed by atoms with Crippen LogP contribution in [0.3, 0.4) is 0 Å². The van der Waals surface area contributed by atoms with Crippen LogP contribution in [0.4, 0.5) is 0 Å². The first-order chi connectivity index (χ1) is 9.89. The third-order valence-electron chi connectivity index (χ3n) is 3.33. The van der Waals surface area contributed by atoms with Crippen molar-refractivity contribution in [3.63, 3.8) is 0 Å². The first kappa shape index (κ1) is 17.2. The molecular formula is C17H25NO3. The van der Waals surface area contributed by atoms with E-state index in [4.69, 9.17) is 5.11 Å². The highest BCUT2D eigenvalue weighted by Crippen LogP contribution is 2.20. The number of benzene rings is 1. The number of carbonyl (C=O) groups is 2. The first-order valence-electron chi connectivity index (χ1n) is 7.41. The molecule has 0 saturated heterocycles. The zero-order chi connectivity index (χ0) is 15.7. The summed E-state index contributed by atoms with van der Waals surface area (Å²) in [7, 11) is 0. The highest BCUT2D eigenvalue weighted by molar-refractivity contribution is 5.76. The maximum absolute atomic E-state index is 11.7. The Hall–Kier alpha value is -1.84. The minimum Gasteiger partial charge on any atom is -0.481 e. The molecule has 0 saturated carbocycles. The maximum Gasteiger partial charge on any atom is 0.303 e. The second-order valence-electron chi connectivity index (χ2n) is 6.20. The molecule has 0 bridgehead atoms. The van der Waals surface area contributed by atoms with E-state index < -0.39 is 5.97 Å². The highest BCUT2D eigenvalue weighted by atomic mass is 16.4. The molecule has 2 N–H and O–H groups in total. The van der Waals surface area contributed by atoms with Crippen molar-refractivity contribution >= 4 is 11.9 Å². The van der Waals surface area contributed by atoms with Crippen molar-refractivity contribution in [1.29, 1.82) is 0 Å². The van der Waals surface area contributed by atoms with Crippen LogP contribution in [-0.2, 0) is 16.0 Å². The molecule has 0 spiro atoms. The maximum atomic E-state index is 11.7. The molecule has 1 aromatic rings. The minimum atomic E-state index is -0.806. The topological polar surface area (TPSA) is 66.4 Å². The third kappa shape index (κ3) is 8.12. The number of unbranched alkanes of at least 4 members (excludes halogenated alkanes) is 1. The Kier molecular flexibility index (Phi) is 6.92. The molecule has 0 heterocycles. The van der Waals surface area contributed by atoms with E-state index in [1.54, 1.807) is 0 Å². The van der Waals surface area contributed by atoms with Crippen LogP contribution in [0.2, 0.25) is 0 Å². The summed E-state index contributed by atoms with van der Waals surface area (Å²) in [6.45, 7) is 4.88. The average Bonchev–Trinajstić information content (AvgIpc) is 2.42. The summed E-state index contributed by atoms with van der Waals surface area (Å²) in [5.74, 6) is -0.805. The zero-order valence-electron chi connectivity index (χ0n) is 12.9. The van der Waals surface area contributed by atoms with Crippen LogP contribution in [0.1, 0.15) is 45.1 Å². The molecule has 21 heavy (non-hydrogen) atoms. The van der Waals surface area contributed by atoms with Gasteiger partial charge >= 0.3 is 5.97 Å². The number of nitrogens with one attached hydrogen (secondary N) is 1. The molecule has 4 nitrogen and oxygen atoms in total. The van der Waals surface area contributed by atoms with E-state index in [0.717, 1.165) is 6.42 Å². The number of amides is 1. The third-order valence-corrected chi connectivity index (χ3v) is 3.33. The van der Waals surface area contributed by atoms with Crippen molar-refractivity contribution in [2.45, 2.75) is 46.0 Å². The number of carboxylic acids is 1. The molecule has 0 atom stereocenters. The molecule has 1 aromatic carbocycles. The molecular weight excluding hydrogens is 266 g/mol. The highest BCUT2D eigenvalue weighted by Gasteiger charge is 2.19. The van der Waals surface area contributed by atoms with Gasteiger partial charge in [-0.05, 0) is 30.2 Å². The van der Waals surface area contributed by atoms with Crippen molar-refractivity contribution in [1.82, 2.24) is 5.32 Å². The van der Waals surface area contributed by atoms with Gasteiger partial charge in [0.15, 0.2) is 0 Å². The van der Waals surface area contributed by atoms with Gasteiger partial charge in [0.05, 0.1) is 0 Å². The zero-order valence-corrected chi connectivity index (χ0v) is 12.9. The predicted octanol–water partition coefficient (Wildman–Crippen LogP) is 3.02. The molecule has 0 radical (unpaired) electrons. The molecule has 0 unspecified atom stereocenters. The number of carbonyl (C=O) groups excluding carboxylic acids is 1. The van der Waals surface area contributed by atoms with Gasteiger partial charge in [-0.15, -0.1) is 0 Å². The summed E-state index contributed by atoms with van der Waals surface area (Å²) in [6, 6.07) is 10.2. The van der Waals surface area contributed by atoms with Gasteiger partial charge in [-0.25, -0.2) is 0 Å². The van der Waals surface area contributed by atoms with Crippen LogP contribution < -0.4 is 5.32 Å². The summed E-state index contributed by atoms with van der Waals surface area (Å²) >= 11 is 0. The molecule has 0 aliphatic heterocycles. The van der Waals surface area contributed by atoms with E-state index in [0.29, 0.717) is 25.8 Å². The van der Waals surface area contributed by atoms with Crippen LogP contribution in [0.25, 0.3) is 0 Å². The lowest BCUT2D eigenvalue weighted by atomic mass is 9.85. The van der Waals surface area contributed by atoms with E-state index in [1.807, 2.05) is 18.2 Å². The van der Waals surface area contributed by atoms with E-state index in [2.05, 4.69) is 31.3 Å². The van der Waals surface area contributed by atoms with Crippen LogP contribution in [0, 0.1) is 5.41 Å². The largest absolute Gasteiger partial charge is 0.481 e. The molecule has 0 aliphatic rings. The van der Waals surface area contributed by atoms with E-state index >= 15 is 0 Å². The lowest BCUT2D eigenvalue weighted by molar-refractivity contribution is -0.137. The summed E-state index contributed by atoms with van der Waals surface area (Å²) in [5, 5.41) is 11.5. The summed E-state index contributed by atoms with van der Waals surface area (Å²) in [4.78, 5) is 22.1. The Bertz CT molecular complexity index is 454. The van der Waals surface area contributed by atoms with Crippen molar-refractivity contribution in [3.8, 4) is 0 Å². The first-order valence-corrected chi connectivity index (χ1v) is 7.41. The number of hydrogen-bond donors (Lipinski definition) is 2. The van der Waals surface area contributed by atoms with E-state index in [9.17, 15) is 9.59 Å². The fourth-order valence-corrected chi connectivity index (χ4v) is 2.20. The monoisotopic (exact) mass is 291 g/mol. The number of rotatable bonds is 9. The lowest BCUT2D eigenvalue weighted by Crippen LogP contribution is -2.35. The van der Waals surface area contributed by atoms with Crippen molar-refractivity contribution in [2.75, 3.05) is 6.54 Å². The predicted molar refractivity (Wildman–Crippen MR) is 83.0 cm³/mol. The van der Waals surface area contributed by atoms with Gasteiger partial charge in [0.1, 0.15) is 0 Å². The number of hydrogen-bond acceptors (Lipinski definition) is 2. The normalized spacial score (nSPS) is 11.1. The Morgan fingerprint density at radius 2 is 1.71 bits per heavy atom. The number of aliphatic carboxylic acids is 1. The van der Waals surface area contributed by atoms with Gasteiger partial charge in [0.2, 0.25) is 5.91 Å². The summed E-state index contributed by atoms with van der Waals surface area (Å²) in [6.07, 6.45) is 2.61. The smallest absolute Gasteiger partial charge is 0.303 e. The SMILES string of the molecule is CC(C)(CNC(=O)CCCCC(=O)O)Cc1ccccc1. The average molecular weight is 291 g/mol. The van der Waals surface area contributed by atoms with Crippen LogP contribution >= 0.6 is 0 Å². The van der Waals surface area contributed by atoms with Gasteiger partial charge in [-0.1, -0.05) is 44.2 Å². The number of carboxylic acid groups (broad SMARTS) is 1. The molecule has 1 amide bonds. The molecule has 4 heteroatoms. The Labute approximate surface area is 126 Å². The van der Waals surface area contributed by atoms with Crippen LogP contribution in [0.5, 0.6) is 0 Å². The molecule has 0 aromatic heterocycles. The molecule has 0 aliphatic carbocycles. The minimum absolute atomic E-state index is 0.00141. The fourth-order valence-electron chi connectivity index (χ4n) is 2.20. The van der Waals surface area contributed by atoms with Gasteiger partial charge in [0.25, 0.3) is 0 Å². The van der Waals surface area contributed by atoms with Gasteiger partial charge < -0.3 is 10.4 Å². The van der Waals surface area contributed by atoms with Crippen LogP contribution in [0.15, 0.2) is 30.3 Å². The summed E-state index contributed by atoms with van der Waals surface area (Å²) in [5.41, 5.74) is 1.26.